The molecule has 4 heteroatoms. The standard InChI is InChI=1S/C14H17N2O2/c1-16(14(18)15-12-7-8-12)13-6-2-4-11(10-13)5-3-9-17/h2-6,10,12H,7-9H2,1H3,(H,15,18)/b5-3+. The Hall–Kier alpha value is -1.81. The van der Waals surface area contributed by atoms with Crippen molar-refractivity contribution in [2.75, 3.05) is 18.6 Å². The number of hydrogen-bond acceptors (Lipinski definition) is 1. The SMILES string of the molecule is CN(C(=O)NC1CC1)c1cccc(/C=C/C[O])c1. The van der Waals surface area contributed by atoms with Crippen LogP contribution in [0.5, 0.6) is 0 Å². The highest BCUT2D eigenvalue weighted by Crippen LogP contribution is 2.21. The Kier molecular flexibility index (Phi) is 3.99. The van der Waals surface area contributed by atoms with Crippen molar-refractivity contribution in [1.82, 2.24) is 5.32 Å². The molecule has 1 saturated carbocycles. The van der Waals surface area contributed by atoms with Crippen LogP contribution in [0.1, 0.15) is 18.4 Å². The predicted molar refractivity (Wildman–Crippen MR) is 71.0 cm³/mol. The molecule has 4 nitrogen and oxygen atoms in total. The molecule has 1 fully saturated rings. The van der Waals surface area contributed by atoms with E-state index in [9.17, 15) is 9.90 Å². The molecule has 1 N–H and O–H groups in total. The van der Waals surface area contributed by atoms with Gasteiger partial charge in [0.05, 0.1) is 0 Å². The van der Waals surface area contributed by atoms with Crippen LogP contribution in [0.25, 0.3) is 6.08 Å². The second kappa shape index (κ2) is 5.69. The normalized spacial score (nSPS) is 14.8. The van der Waals surface area contributed by atoms with E-state index in [1.54, 1.807) is 24.1 Å². The average molecular weight is 245 g/mol. The fourth-order valence-electron chi connectivity index (χ4n) is 1.64. The number of carbonyl (C=O) groups excluding carboxylic acids is 1. The summed E-state index contributed by atoms with van der Waals surface area (Å²) in [5.74, 6) is 0. The summed E-state index contributed by atoms with van der Waals surface area (Å²) < 4.78 is 0. The molecule has 0 aromatic heterocycles. The highest BCUT2D eigenvalue weighted by atomic mass is 16.2. The molecule has 1 aliphatic rings. The van der Waals surface area contributed by atoms with Crippen molar-refractivity contribution in [3.05, 3.63) is 35.9 Å². The van der Waals surface area contributed by atoms with Crippen LogP contribution in [0.3, 0.4) is 0 Å². The first kappa shape index (κ1) is 12.6. The molecule has 1 aromatic rings. The molecule has 1 aliphatic carbocycles. The topological polar surface area (TPSA) is 52.2 Å². The van der Waals surface area contributed by atoms with Gasteiger partial charge in [0.1, 0.15) is 6.61 Å². The van der Waals surface area contributed by atoms with E-state index in [4.69, 9.17) is 0 Å². The Morgan fingerprint density at radius 3 is 2.94 bits per heavy atom. The fraction of sp³-hybridized carbons (Fsp3) is 0.357. The third-order valence-electron chi connectivity index (χ3n) is 2.87. The minimum absolute atomic E-state index is 0.0811. The fourth-order valence-corrected chi connectivity index (χ4v) is 1.64. The van der Waals surface area contributed by atoms with Crippen molar-refractivity contribution in [3.63, 3.8) is 0 Å². The molecule has 2 amide bonds. The van der Waals surface area contributed by atoms with Gasteiger partial charge in [0, 0.05) is 18.8 Å². The van der Waals surface area contributed by atoms with E-state index in [2.05, 4.69) is 5.32 Å². The lowest BCUT2D eigenvalue weighted by Gasteiger charge is -2.18. The molecular formula is C14H17N2O2. The van der Waals surface area contributed by atoms with Gasteiger partial charge in [-0.1, -0.05) is 24.3 Å². The monoisotopic (exact) mass is 245 g/mol. The number of benzene rings is 1. The Labute approximate surface area is 107 Å². The first-order valence-electron chi connectivity index (χ1n) is 6.09. The second-order valence-corrected chi connectivity index (χ2v) is 4.45. The largest absolute Gasteiger partial charge is 0.335 e. The molecule has 0 aliphatic heterocycles. The summed E-state index contributed by atoms with van der Waals surface area (Å²) in [7, 11) is 1.74. The van der Waals surface area contributed by atoms with Crippen LogP contribution in [0.4, 0.5) is 10.5 Å². The van der Waals surface area contributed by atoms with E-state index in [0.717, 1.165) is 24.1 Å². The van der Waals surface area contributed by atoms with Crippen molar-refractivity contribution in [2.24, 2.45) is 0 Å². The van der Waals surface area contributed by atoms with Gasteiger partial charge in [0.25, 0.3) is 0 Å². The number of urea groups is 1. The Morgan fingerprint density at radius 1 is 1.50 bits per heavy atom. The van der Waals surface area contributed by atoms with Crippen molar-refractivity contribution < 1.29 is 9.90 Å². The van der Waals surface area contributed by atoms with Crippen LogP contribution in [-0.4, -0.2) is 25.7 Å². The van der Waals surface area contributed by atoms with Crippen LogP contribution in [0.15, 0.2) is 30.3 Å². The molecule has 0 spiro atoms. The van der Waals surface area contributed by atoms with Crippen molar-refractivity contribution in [2.45, 2.75) is 18.9 Å². The van der Waals surface area contributed by atoms with E-state index in [0.29, 0.717) is 6.04 Å². The van der Waals surface area contributed by atoms with Crippen LogP contribution < -0.4 is 10.2 Å². The van der Waals surface area contributed by atoms with E-state index in [-0.39, 0.29) is 12.6 Å². The van der Waals surface area contributed by atoms with Crippen LogP contribution in [0.2, 0.25) is 0 Å². The number of hydrogen-bond donors (Lipinski definition) is 1. The predicted octanol–water partition coefficient (Wildman–Crippen LogP) is 2.44. The van der Waals surface area contributed by atoms with E-state index < -0.39 is 0 Å². The molecule has 0 bridgehead atoms. The zero-order valence-corrected chi connectivity index (χ0v) is 10.4. The number of anilines is 1. The molecule has 1 aromatic carbocycles. The minimum atomic E-state index is -0.234. The first-order chi connectivity index (χ1) is 8.70. The lowest BCUT2D eigenvalue weighted by Crippen LogP contribution is -2.38. The van der Waals surface area contributed by atoms with Crippen molar-refractivity contribution >= 4 is 17.8 Å². The second-order valence-electron chi connectivity index (χ2n) is 4.45. The number of nitrogens with zero attached hydrogens (tertiary/aromatic N) is 1. The Bertz CT molecular complexity index is 453. The Morgan fingerprint density at radius 2 is 2.28 bits per heavy atom. The van der Waals surface area contributed by atoms with Gasteiger partial charge in [0.15, 0.2) is 0 Å². The summed E-state index contributed by atoms with van der Waals surface area (Å²) in [6.07, 6.45) is 5.48. The van der Waals surface area contributed by atoms with Gasteiger partial charge in [-0.15, -0.1) is 0 Å². The van der Waals surface area contributed by atoms with Gasteiger partial charge in [-0.3, -0.25) is 4.90 Å². The first-order valence-corrected chi connectivity index (χ1v) is 6.09. The quantitative estimate of drug-likeness (QED) is 0.870. The minimum Gasteiger partial charge on any atom is -0.335 e. The summed E-state index contributed by atoms with van der Waals surface area (Å²) in [6, 6.07) is 7.81. The molecule has 0 atom stereocenters. The lowest BCUT2D eigenvalue weighted by molar-refractivity contribution is 0.233. The number of rotatable bonds is 4. The maximum Gasteiger partial charge on any atom is 0.321 e. The highest BCUT2D eigenvalue weighted by molar-refractivity contribution is 5.92. The lowest BCUT2D eigenvalue weighted by atomic mass is 10.2. The summed E-state index contributed by atoms with van der Waals surface area (Å²) in [4.78, 5) is 13.5. The zero-order valence-electron chi connectivity index (χ0n) is 10.4. The van der Waals surface area contributed by atoms with Gasteiger partial charge in [-0.2, -0.15) is 0 Å². The molecular weight excluding hydrogens is 228 g/mol. The van der Waals surface area contributed by atoms with Gasteiger partial charge < -0.3 is 5.32 Å². The van der Waals surface area contributed by atoms with E-state index in [1.165, 1.54) is 0 Å². The third-order valence-corrected chi connectivity index (χ3v) is 2.87. The van der Waals surface area contributed by atoms with Gasteiger partial charge in [-0.05, 0) is 30.5 Å². The summed E-state index contributed by atoms with van der Waals surface area (Å²) in [5.41, 5.74) is 1.75. The number of amides is 2. The van der Waals surface area contributed by atoms with Crippen LogP contribution >= 0.6 is 0 Å². The molecule has 0 heterocycles. The summed E-state index contributed by atoms with van der Waals surface area (Å²) >= 11 is 0. The van der Waals surface area contributed by atoms with Crippen molar-refractivity contribution in [3.8, 4) is 0 Å². The highest BCUT2D eigenvalue weighted by Gasteiger charge is 2.25. The zero-order chi connectivity index (χ0) is 13.0. The maximum atomic E-state index is 11.9. The number of carbonyl (C=O) groups is 1. The smallest absolute Gasteiger partial charge is 0.321 e. The van der Waals surface area contributed by atoms with Crippen LogP contribution in [0, 0.1) is 0 Å². The molecule has 95 valence electrons. The van der Waals surface area contributed by atoms with Crippen LogP contribution in [-0.2, 0) is 5.11 Å². The van der Waals surface area contributed by atoms with Crippen molar-refractivity contribution in [1.29, 1.82) is 0 Å². The third kappa shape index (κ3) is 3.34. The maximum absolute atomic E-state index is 11.9. The Balaban J connectivity index is 2.06. The molecule has 1 radical (unpaired) electrons. The van der Waals surface area contributed by atoms with E-state index >= 15 is 0 Å². The van der Waals surface area contributed by atoms with E-state index in [1.807, 2.05) is 24.3 Å². The average Bonchev–Trinajstić information content (AvgIpc) is 3.19. The summed E-state index contributed by atoms with van der Waals surface area (Å²) in [5, 5.41) is 13.3. The van der Waals surface area contributed by atoms with Gasteiger partial charge >= 0.3 is 6.03 Å². The molecule has 2 rings (SSSR count). The number of nitrogens with one attached hydrogen (secondary N) is 1. The van der Waals surface area contributed by atoms with Gasteiger partial charge in [-0.25, -0.2) is 9.90 Å². The molecule has 0 saturated heterocycles. The molecule has 0 unspecified atom stereocenters. The summed E-state index contributed by atoms with van der Waals surface area (Å²) in [6.45, 7) is -0.234. The van der Waals surface area contributed by atoms with Gasteiger partial charge in [0.2, 0.25) is 0 Å². The molecule has 18 heavy (non-hydrogen) atoms.